The van der Waals surface area contributed by atoms with Gasteiger partial charge in [0.2, 0.25) is 11.8 Å². The van der Waals surface area contributed by atoms with Crippen LogP contribution in [0.1, 0.15) is 31.7 Å². The summed E-state index contributed by atoms with van der Waals surface area (Å²) in [5, 5.41) is 5.30. The molecule has 116 valence electrons. The third-order valence-electron chi connectivity index (χ3n) is 2.82. The summed E-state index contributed by atoms with van der Waals surface area (Å²) in [6.45, 7) is 5.15. The molecule has 0 saturated heterocycles. The lowest BCUT2D eigenvalue weighted by Crippen LogP contribution is -2.37. The molecule has 0 spiro atoms. The average Bonchev–Trinajstić information content (AvgIpc) is 2.47. The molecule has 1 aromatic carbocycles. The van der Waals surface area contributed by atoms with Crippen LogP contribution in [0.15, 0.2) is 24.3 Å². The third-order valence-corrected chi connectivity index (χ3v) is 2.82. The topological polar surface area (TPSA) is 67.4 Å². The summed E-state index contributed by atoms with van der Waals surface area (Å²) >= 11 is 0. The fraction of sp³-hybridized carbons (Fsp3) is 0.500. The zero-order valence-corrected chi connectivity index (χ0v) is 12.8. The molecule has 0 bridgehead atoms. The highest BCUT2D eigenvalue weighted by molar-refractivity contribution is 5.84. The number of aryl methyl sites for hydroxylation is 1. The van der Waals surface area contributed by atoms with Crippen LogP contribution in [0.5, 0.6) is 5.75 Å². The number of hydrogen-bond donors (Lipinski definition) is 2. The second-order valence-corrected chi connectivity index (χ2v) is 4.90. The Bertz CT molecular complexity index is 461. The lowest BCUT2D eigenvalue weighted by Gasteiger charge is -2.08. The van der Waals surface area contributed by atoms with Crippen molar-refractivity contribution in [3.63, 3.8) is 0 Å². The highest BCUT2D eigenvalue weighted by Crippen LogP contribution is 2.12. The van der Waals surface area contributed by atoms with Crippen molar-refractivity contribution in [1.82, 2.24) is 10.6 Å². The van der Waals surface area contributed by atoms with Gasteiger partial charge in [-0.15, -0.1) is 0 Å². The Morgan fingerprint density at radius 1 is 1.19 bits per heavy atom. The number of benzene rings is 1. The van der Waals surface area contributed by atoms with Crippen LogP contribution in [0.25, 0.3) is 0 Å². The molecule has 21 heavy (non-hydrogen) atoms. The molecule has 5 nitrogen and oxygen atoms in total. The first kappa shape index (κ1) is 17.0. The van der Waals surface area contributed by atoms with Crippen LogP contribution >= 0.6 is 0 Å². The Labute approximate surface area is 126 Å². The van der Waals surface area contributed by atoms with Crippen LogP contribution in [0, 0.1) is 6.92 Å². The number of ether oxygens (including phenoxy) is 1. The Balaban J connectivity index is 2.09. The molecular formula is C16H24N2O3. The van der Waals surface area contributed by atoms with Crippen LogP contribution in [0.3, 0.4) is 0 Å². The molecule has 0 aliphatic rings. The van der Waals surface area contributed by atoms with Gasteiger partial charge in [-0.3, -0.25) is 9.59 Å². The maximum atomic E-state index is 11.5. The van der Waals surface area contributed by atoms with Gasteiger partial charge in [-0.05, 0) is 37.5 Å². The number of rotatable bonds is 9. The summed E-state index contributed by atoms with van der Waals surface area (Å²) in [4.78, 5) is 22.8. The largest absolute Gasteiger partial charge is 0.494 e. The van der Waals surface area contributed by atoms with E-state index in [9.17, 15) is 9.59 Å². The molecule has 2 N–H and O–H groups in total. The van der Waals surface area contributed by atoms with E-state index in [2.05, 4.69) is 10.6 Å². The Hall–Kier alpha value is -2.04. The van der Waals surface area contributed by atoms with E-state index < -0.39 is 0 Å². The van der Waals surface area contributed by atoms with Crippen molar-refractivity contribution >= 4 is 11.8 Å². The normalized spacial score (nSPS) is 10.0. The zero-order valence-electron chi connectivity index (χ0n) is 12.8. The molecule has 0 aliphatic carbocycles. The van der Waals surface area contributed by atoms with E-state index in [1.165, 1.54) is 0 Å². The lowest BCUT2D eigenvalue weighted by atomic mass is 10.2. The average molecular weight is 292 g/mol. The van der Waals surface area contributed by atoms with Gasteiger partial charge < -0.3 is 15.4 Å². The highest BCUT2D eigenvalue weighted by atomic mass is 16.5. The molecule has 0 radical (unpaired) electrons. The maximum absolute atomic E-state index is 11.5. The van der Waals surface area contributed by atoms with Gasteiger partial charge in [0.1, 0.15) is 5.75 Å². The minimum absolute atomic E-state index is 0.0393. The molecule has 0 aliphatic heterocycles. The first-order chi connectivity index (χ1) is 10.1. The van der Waals surface area contributed by atoms with Crippen molar-refractivity contribution in [2.45, 2.75) is 33.1 Å². The van der Waals surface area contributed by atoms with E-state index >= 15 is 0 Å². The van der Waals surface area contributed by atoms with Crippen LogP contribution in [-0.4, -0.2) is 31.5 Å². The molecule has 0 atom stereocenters. The van der Waals surface area contributed by atoms with Crippen LogP contribution in [-0.2, 0) is 9.59 Å². The van der Waals surface area contributed by atoms with Crippen molar-refractivity contribution in [2.24, 2.45) is 0 Å². The molecule has 1 rings (SSSR count). The molecule has 0 heterocycles. The summed E-state index contributed by atoms with van der Waals surface area (Å²) in [6, 6.07) is 7.79. The van der Waals surface area contributed by atoms with Gasteiger partial charge in [0.05, 0.1) is 13.2 Å². The van der Waals surface area contributed by atoms with E-state index in [4.69, 9.17) is 4.74 Å². The Morgan fingerprint density at radius 2 is 2.00 bits per heavy atom. The first-order valence-electron chi connectivity index (χ1n) is 7.34. The number of hydrogen-bond acceptors (Lipinski definition) is 3. The number of carbonyl (C=O) groups is 2. The molecule has 5 heteroatoms. The van der Waals surface area contributed by atoms with Crippen molar-refractivity contribution in [3.05, 3.63) is 29.8 Å². The molecule has 0 saturated carbocycles. The second kappa shape index (κ2) is 9.80. The summed E-state index contributed by atoms with van der Waals surface area (Å²) in [5.41, 5.74) is 1.14. The van der Waals surface area contributed by atoms with Gasteiger partial charge in [-0.25, -0.2) is 0 Å². The van der Waals surface area contributed by atoms with Crippen molar-refractivity contribution in [2.75, 3.05) is 19.7 Å². The maximum Gasteiger partial charge on any atom is 0.239 e. The first-order valence-corrected chi connectivity index (χ1v) is 7.34. The fourth-order valence-electron chi connectivity index (χ4n) is 1.72. The van der Waals surface area contributed by atoms with Crippen molar-refractivity contribution < 1.29 is 14.3 Å². The van der Waals surface area contributed by atoms with E-state index in [0.717, 1.165) is 17.7 Å². The monoisotopic (exact) mass is 292 g/mol. The highest BCUT2D eigenvalue weighted by Gasteiger charge is 2.04. The molecule has 0 unspecified atom stereocenters. The molecule has 0 fully saturated rings. The van der Waals surface area contributed by atoms with E-state index in [0.29, 0.717) is 26.0 Å². The molecule has 2 amide bonds. The standard InChI is InChI=1S/C16H24N2O3/c1-3-9-17-16(20)12-18-15(19)8-5-10-21-14-7-4-6-13(2)11-14/h4,6-7,11H,3,5,8-10,12H2,1-2H3,(H,17,20)(H,18,19). The fourth-order valence-corrected chi connectivity index (χ4v) is 1.72. The number of nitrogens with one attached hydrogen (secondary N) is 2. The van der Waals surface area contributed by atoms with Gasteiger partial charge in [0.15, 0.2) is 0 Å². The van der Waals surface area contributed by atoms with Gasteiger partial charge >= 0.3 is 0 Å². The van der Waals surface area contributed by atoms with Crippen LogP contribution in [0.2, 0.25) is 0 Å². The summed E-state index contributed by atoms with van der Waals surface area (Å²) in [7, 11) is 0. The van der Waals surface area contributed by atoms with Crippen molar-refractivity contribution in [3.8, 4) is 5.75 Å². The van der Waals surface area contributed by atoms with Gasteiger partial charge in [-0.2, -0.15) is 0 Å². The Morgan fingerprint density at radius 3 is 2.71 bits per heavy atom. The lowest BCUT2D eigenvalue weighted by molar-refractivity contribution is -0.126. The molecule has 0 aromatic heterocycles. The predicted octanol–water partition coefficient (Wildman–Crippen LogP) is 1.80. The van der Waals surface area contributed by atoms with Crippen LogP contribution < -0.4 is 15.4 Å². The SMILES string of the molecule is CCCNC(=O)CNC(=O)CCCOc1cccc(C)c1. The minimum atomic E-state index is -0.152. The van der Waals surface area contributed by atoms with E-state index in [-0.39, 0.29) is 18.4 Å². The summed E-state index contributed by atoms with van der Waals surface area (Å²) < 4.78 is 5.56. The minimum Gasteiger partial charge on any atom is -0.494 e. The van der Waals surface area contributed by atoms with E-state index in [1.54, 1.807) is 0 Å². The van der Waals surface area contributed by atoms with Gasteiger partial charge in [0.25, 0.3) is 0 Å². The Kier molecular flexibility index (Phi) is 7.94. The zero-order chi connectivity index (χ0) is 15.5. The van der Waals surface area contributed by atoms with Crippen molar-refractivity contribution in [1.29, 1.82) is 0 Å². The van der Waals surface area contributed by atoms with E-state index in [1.807, 2.05) is 38.1 Å². The number of amides is 2. The smallest absolute Gasteiger partial charge is 0.239 e. The summed E-state index contributed by atoms with van der Waals surface area (Å²) in [5.74, 6) is 0.532. The quantitative estimate of drug-likeness (QED) is 0.682. The van der Waals surface area contributed by atoms with Crippen LogP contribution in [0.4, 0.5) is 0 Å². The predicted molar refractivity (Wildman–Crippen MR) is 82.2 cm³/mol. The number of carbonyl (C=O) groups excluding carboxylic acids is 2. The molecule has 1 aromatic rings. The summed E-state index contributed by atoms with van der Waals surface area (Å²) in [6.07, 6.45) is 1.86. The van der Waals surface area contributed by atoms with Gasteiger partial charge in [-0.1, -0.05) is 19.1 Å². The molecular weight excluding hydrogens is 268 g/mol. The third kappa shape index (κ3) is 7.97. The van der Waals surface area contributed by atoms with Gasteiger partial charge in [0, 0.05) is 13.0 Å². The second-order valence-electron chi connectivity index (χ2n) is 4.90.